The summed E-state index contributed by atoms with van der Waals surface area (Å²) in [5.74, 6) is -3.48. The van der Waals surface area contributed by atoms with E-state index in [1.807, 2.05) is 0 Å². The van der Waals surface area contributed by atoms with Crippen molar-refractivity contribution in [1.82, 2.24) is 0 Å². The molecule has 0 atom stereocenters. The lowest BCUT2D eigenvalue weighted by Crippen LogP contribution is -2.26. The molecule has 2 aromatic rings. The van der Waals surface area contributed by atoms with Gasteiger partial charge < -0.3 is 9.52 Å². The van der Waals surface area contributed by atoms with E-state index < -0.39 is 23.3 Å². The highest BCUT2D eigenvalue weighted by Crippen LogP contribution is 2.26. The molecule has 1 heterocycles. The van der Waals surface area contributed by atoms with E-state index in [9.17, 15) is 23.1 Å². The first-order valence-corrected chi connectivity index (χ1v) is 6.55. The summed E-state index contributed by atoms with van der Waals surface area (Å²) >= 11 is 5.74. The van der Waals surface area contributed by atoms with Crippen LogP contribution < -0.4 is 0 Å². The number of carbonyl (C=O) groups excluding carboxylic acids is 1. The van der Waals surface area contributed by atoms with Crippen molar-refractivity contribution in [3.05, 3.63) is 59.0 Å². The monoisotopic (exact) mass is 343 g/mol. The molecule has 0 aliphatic heterocycles. The van der Waals surface area contributed by atoms with Crippen LogP contribution in [0.1, 0.15) is 5.76 Å². The third-order valence-electron chi connectivity index (χ3n) is 2.66. The molecule has 1 aromatic heterocycles. The van der Waals surface area contributed by atoms with Crippen molar-refractivity contribution < 1.29 is 27.5 Å². The Morgan fingerprint density at radius 3 is 2.57 bits per heavy atom. The molecule has 8 heteroatoms. The molecule has 0 aliphatic carbocycles. The molecular formula is C15H9ClF3NO3. The minimum Gasteiger partial charge on any atom is -0.504 e. The van der Waals surface area contributed by atoms with E-state index in [-0.39, 0.29) is 11.4 Å². The molecule has 0 fully saturated rings. The maximum absolute atomic E-state index is 12.7. The van der Waals surface area contributed by atoms with Gasteiger partial charge >= 0.3 is 6.18 Å². The lowest BCUT2D eigenvalue weighted by molar-refractivity contribution is -0.165. The fraction of sp³-hybridized carbons (Fsp3) is 0.0667. The Kier molecular flexibility index (Phi) is 4.90. The number of hydrogen-bond donors (Lipinski definition) is 1. The van der Waals surface area contributed by atoms with Gasteiger partial charge in [-0.2, -0.15) is 13.2 Å². The van der Waals surface area contributed by atoms with Crippen LogP contribution in [-0.2, 0) is 4.79 Å². The fourth-order valence-corrected chi connectivity index (χ4v) is 1.81. The van der Waals surface area contributed by atoms with Crippen molar-refractivity contribution in [3.63, 3.8) is 0 Å². The molecule has 0 aliphatic rings. The molecule has 0 saturated carbocycles. The molecule has 0 saturated heterocycles. The summed E-state index contributed by atoms with van der Waals surface area (Å²) < 4.78 is 42.8. The number of rotatable bonds is 4. The van der Waals surface area contributed by atoms with Crippen molar-refractivity contribution in [1.29, 1.82) is 0 Å². The van der Waals surface area contributed by atoms with Gasteiger partial charge in [-0.1, -0.05) is 17.7 Å². The summed E-state index contributed by atoms with van der Waals surface area (Å²) in [5, 5.41) is 10.2. The highest BCUT2D eigenvalue weighted by Gasteiger charge is 2.42. The number of benzene rings is 1. The smallest absolute Gasteiger partial charge is 0.455 e. The van der Waals surface area contributed by atoms with E-state index in [0.717, 1.165) is 6.26 Å². The molecule has 0 bridgehead atoms. The van der Waals surface area contributed by atoms with Crippen LogP contribution in [0.3, 0.4) is 0 Å². The van der Waals surface area contributed by atoms with Crippen LogP contribution in [0, 0.1) is 0 Å². The lowest BCUT2D eigenvalue weighted by atomic mass is 10.1. The van der Waals surface area contributed by atoms with E-state index in [2.05, 4.69) is 4.99 Å². The quantitative estimate of drug-likeness (QED) is 0.495. The van der Waals surface area contributed by atoms with E-state index in [1.165, 1.54) is 30.3 Å². The van der Waals surface area contributed by atoms with Crippen LogP contribution in [0.5, 0.6) is 0 Å². The van der Waals surface area contributed by atoms with Crippen molar-refractivity contribution >= 4 is 35.0 Å². The number of carbonyl (C=O) groups is 1. The summed E-state index contributed by atoms with van der Waals surface area (Å²) in [7, 11) is 0. The highest BCUT2D eigenvalue weighted by molar-refractivity contribution is 6.30. The number of ketones is 1. The zero-order chi connectivity index (χ0) is 17.0. The molecule has 1 N–H and O–H groups in total. The predicted molar refractivity (Wildman–Crippen MR) is 78.9 cm³/mol. The van der Waals surface area contributed by atoms with Gasteiger partial charge in [0.15, 0.2) is 11.5 Å². The molecule has 1 aromatic carbocycles. The number of Topliss-reactive ketones (excluding diaryl/α,β-unsaturated/α-hetero) is 1. The molecular weight excluding hydrogens is 335 g/mol. The zero-order valence-electron chi connectivity index (χ0n) is 11.3. The average molecular weight is 344 g/mol. The molecule has 2 rings (SSSR count). The van der Waals surface area contributed by atoms with Crippen LogP contribution in [0.4, 0.5) is 18.9 Å². The topological polar surface area (TPSA) is 62.8 Å². The average Bonchev–Trinajstić information content (AvgIpc) is 3.00. The maximum Gasteiger partial charge on any atom is 0.455 e. The number of halogens is 4. The van der Waals surface area contributed by atoms with Gasteiger partial charge in [0, 0.05) is 11.2 Å². The van der Waals surface area contributed by atoms with Gasteiger partial charge in [-0.3, -0.25) is 9.79 Å². The normalized spacial score (nSPS) is 13.2. The third kappa shape index (κ3) is 4.23. The molecule has 120 valence electrons. The summed E-state index contributed by atoms with van der Waals surface area (Å²) in [4.78, 5) is 15.2. The molecule has 0 radical (unpaired) electrons. The Morgan fingerprint density at radius 2 is 2.00 bits per heavy atom. The number of nitrogens with zero attached hydrogens (tertiary/aromatic N) is 1. The van der Waals surface area contributed by atoms with E-state index in [0.29, 0.717) is 11.2 Å². The van der Waals surface area contributed by atoms with Crippen molar-refractivity contribution in [2.24, 2.45) is 4.99 Å². The van der Waals surface area contributed by atoms with Crippen LogP contribution >= 0.6 is 11.6 Å². The summed E-state index contributed by atoms with van der Waals surface area (Å²) in [6, 6.07) is 8.52. The van der Waals surface area contributed by atoms with Gasteiger partial charge in [0.25, 0.3) is 5.78 Å². The number of aliphatic imine (C=N–C) groups is 1. The van der Waals surface area contributed by atoms with Crippen molar-refractivity contribution in [2.75, 3.05) is 0 Å². The Hall–Kier alpha value is -2.54. The first-order valence-electron chi connectivity index (χ1n) is 6.17. The van der Waals surface area contributed by atoms with Gasteiger partial charge in [-0.25, -0.2) is 0 Å². The summed E-state index contributed by atoms with van der Waals surface area (Å²) in [6.07, 6.45) is -3.40. The second-order valence-electron chi connectivity index (χ2n) is 4.30. The Balaban J connectivity index is 2.46. The van der Waals surface area contributed by atoms with Crippen LogP contribution in [0.15, 0.2) is 57.6 Å². The molecule has 4 nitrogen and oxygen atoms in total. The SMILES string of the molecule is O=C(C(C=Nc1cccc(Cl)c1)=C(O)c1ccco1)C(F)(F)F. The standard InChI is InChI=1S/C15H9ClF3NO3/c16-9-3-1-4-10(7-9)20-8-11(14(22)15(17,18)19)13(21)12-5-2-6-23-12/h1-8,21H. The molecule has 0 spiro atoms. The van der Waals surface area contributed by atoms with E-state index >= 15 is 0 Å². The number of aliphatic hydroxyl groups excluding tert-OH is 1. The third-order valence-corrected chi connectivity index (χ3v) is 2.90. The number of hydrogen-bond acceptors (Lipinski definition) is 4. The number of aliphatic hydroxyl groups is 1. The minimum absolute atomic E-state index is 0.220. The predicted octanol–water partition coefficient (Wildman–Crippen LogP) is 4.74. The van der Waals surface area contributed by atoms with Crippen LogP contribution in [0.2, 0.25) is 5.02 Å². The summed E-state index contributed by atoms with van der Waals surface area (Å²) in [5.41, 5.74) is -0.815. The maximum atomic E-state index is 12.7. The second-order valence-corrected chi connectivity index (χ2v) is 4.74. The highest BCUT2D eigenvalue weighted by atomic mass is 35.5. The van der Waals surface area contributed by atoms with E-state index in [4.69, 9.17) is 16.0 Å². The Morgan fingerprint density at radius 1 is 1.26 bits per heavy atom. The van der Waals surface area contributed by atoms with Crippen molar-refractivity contribution in [2.45, 2.75) is 6.18 Å². The fourth-order valence-electron chi connectivity index (χ4n) is 1.62. The number of alkyl halides is 3. The number of allylic oxidation sites excluding steroid dienone is 1. The number of furan rings is 1. The van der Waals surface area contributed by atoms with Gasteiger partial charge in [0.05, 0.1) is 17.5 Å². The molecule has 23 heavy (non-hydrogen) atoms. The van der Waals surface area contributed by atoms with Crippen LogP contribution in [-0.4, -0.2) is 23.3 Å². The largest absolute Gasteiger partial charge is 0.504 e. The van der Waals surface area contributed by atoms with Gasteiger partial charge in [-0.15, -0.1) is 0 Å². The van der Waals surface area contributed by atoms with Crippen LogP contribution in [0.25, 0.3) is 5.76 Å². The van der Waals surface area contributed by atoms with Gasteiger partial charge in [0.1, 0.15) is 0 Å². The Labute approximate surface area is 133 Å². The van der Waals surface area contributed by atoms with Gasteiger partial charge in [0.2, 0.25) is 0 Å². The van der Waals surface area contributed by atoms with Crippen molar-refractivity contribution in [3.8, 4) is 0 Å². The summed E-state index contributed by atoms with van der Waals surface area (Å²) in [6.45, 7) is 0. The van der Waals surface area contributed by atoms with Gasteiger partial charge in [-0.05, 0) is 30.3 Å². The zero-order valence-corrected chi connectivity index (χ0v) is 12.1. The Bertz CT molecular complexity index is 765. The first-order chi connectivity index (χ1) is 10.8. The molecule has 0 unspecified atom stereocenters. The first kappa shape index (κ1) is 16.8. The van der Waals surface area contributed by atoms with E-state index in [1.54, 1.807) is 6.07 Å². The minimum atomic E-state index is -5.17. The lowest BCUT2D eigenvalue weighted by Gasteiger charge is -2.07. The molecule has 0 amide bonds. The second kappa shape index (κ2) is 6.70.